The maximum atomic E-state index is 13.8. The molecule has 1 aromatic heterocycles. The Morgan fingerprint density at radius 1 is 1.03 bits per heavy atom. The molecule has 0 atom stereocenters. The predicted molar refractivity (Wildman–Crippen MR) is 151 cm³/mol. The monoisotopic (exact) mass is 578 g/mol. The third-order valence-corrected chi connectivity index (χ3v) is 6.88. The van der Waals surface area contributed by atoms with Crippen LogP contribution in [-0.2, 0) is 0 Å². The minimum absolute atomic E-state index is 0.0363. The number of amides is 1. The Bertz CT molecular complexity index is 1570. The van der Waals surface area contributed by atoms with Crippen molar-refractivity contribution in [1.82, 2.24) is 9.55 Å². The van der Waals surface area contributed by atoms with E-state index in [0.29, 0.717) is 39.9 Å². The van der Waals surface area contributed by atoms with Crippen LogP contribution in [0, 0.1) is 6.92 Å². The number of likely N-dealkylation sites (N-methyl/N-ethyl adjacent to an activating group) is 1. The SMILES string of the molecule is CCN(CCO)c1cc(C)c2nc(C(=O)Nc3ccc(Cl)cc3Cl)c(=O)n(-c3ccc(Cl)cc3Cl)c2c1. The van der Waals surface area contributed by atoms with Crippen molar-refractivity contribution in [2.24, 2.45) is 0 Å². The quantitative estimate of drug-likeness (QED) is 0.265. The van der Waals surface area contributed by atoms with Gasteiger partial charge in [-0.25, -0.2) is 4.98 Å². The number of aliphatic hydroxyl groups is 1. The fourth-order valence-electron chi connectivity index (χ4n) is 4.03. The fourth-order valence-corrected chi connectivity index (χ4v) is 4.98. The number of aliphatic hydroxyl groups excluding tert-OH is 1. The Labute approximate surface area is 233 Å². The summed E-state index contributed by atoms with van der Waals surface area (Å²) in [6.07, 6.45) is 0. The van der Waals surface area contributed by atoms with Gasteiger partial charge in [-0.3, -0.25) is 14.2 Å². The van der Waals surface area contributed by atoms with E-state index in [2.05, 4.69) is 10.3 Å². The number of rotatable bonds is 7. The molecule has 0 saturated heterocycles. The van der Waals surface area contributed by atoms with Crippen molar-refractivity contribution in [2.45, 2.75) is 13.8 Å². The van der Waals surface area contributed by atoms with E-state index in [-0.39, 0.29) is 28.0 Å². The number of halogens is 4. The maximum Gasteiger partial charge on any atom is 0.287 e. The lowest BCUT2D eigenvalue weighted by Gasteiger charge is -2.24. The zero-order chi connectivity index (χ0) is 26.9. The lowest BCUT2D eigenvalue weighted by Crippen LogP contribution is -2.31. The van der Waals surface area contributed by atoms with Gasteiger partial charge in [-0.15, -0.1) is 0 Å². The van der Waals surface area contributed by atoms with Crippen molar-refractivity contribution in [3.8, 4) is 5.69 Å². The van der Waals surface area contributed by atoms with Crippen LogP contribution >= 0.6 is 46.4 Å². The molecular weight excluding hydrogens is 558 g/mol. The number of aromatic nitrogens is 2. The zero-order valence-corrected chi connectivity index (χ0v) is 22.9. The van der Waals surface area contributed by atoms with Gasteiger partial charge in [0.25, 0.3) is 11.5 Å². The number of nitrogens with zero attached hydrogens (tertiary/aromatic N) is 3. The largest absolute Gasteiger partial charge is 0.395 e. The molecule has 2 N–H and O–H groups in total. The smallest absolute Gasteiger partial charge is 0.287 e. The van der Waals surface area contributed by atoms with Crippen LogP contribution in [0.5, 0.6) is 0 Å². The molecule has 1 amide bonds. The van der Waals surface area contributed by atoms with Crippen molar-refractivity contribution in [3.05, 3.63) is 90.2 Å². The first kappa shape index (κ1) is 27.2. The fraction of sp³-hybridized carbons (Fsp3) is 0.192. The van der Waals surface area contributed by atoms with Gasteiger partial charge in [-0.05, 0) is 67.9 Å². The summed E-state index contributed by atoms with van der Waals surface area (Å²) in [5.74, 6) is -0.742. The average molecular weight is 580 g/mol. The third-order valence-electron chi connectivity index (χ3n) is 5.80. The molecule has 3 aromatic carbocycles. The number of benzene rings is 3. The average Bonchev–Trinajstić information content (AvgIpc) is 2.84. The van der Waals surface area contributed by atoms with Gasteiger partial charge in [0.1, 0.15) is 0 Å². The molecule has 7 nitrogen and oxygen atoms in total. The second kappa shape index (κ2) is 11.3. The summed E-state index contributed by atoms with van der Waals surface area (Å²) in [6.45, 7) is 4.80. The normalized spacial score (nSPS) is 11.1. The van der Waals surface area contributed by atoms with E-state index >= 15 is 0 Å². The second-order valence-electron chi connectivity index (χ2n) is 8.21. The molecule has 0 saturated carbocycles. The number of carbonyl (C=O) groups excluding carboxylic acids is 1. The van der Waals surface area contributed by atoms with Crippen LogP contribution in [0.3, 0.4) is 0 Å². The van der Waals surface area contributed by atoms with Gasteiger partial charge in [0.2, 0.25) is 0 Å². The van der Waals surface area contributed by atoms with Crippen LogP contribution in [0.4, 0.5) is 11.4 Å². The molecule has 37 heavy (non-hydrogen) atoms. The first-order valence-corrected chi connectivity index (χ1v) is 12.8. The molecule has 192 valence electrons. The zero-order valence-electron chi connectivity index (χ0n) is 19.9. The van der Waals surface area contributed by atoms with Crippen molar-refractivity contribution in [2.75, 3.05) is 29.9 Å². The molecule has 0 aliphatic carbocycles. The highest BCUT2D eigenvalue weighted by Crippen LogP contribution is 2.30. The van der Waals surface area contributed by atoms with Crippen molar-refractivity contribution >= 4 is 74.7 Å². The van der Waals surface area contributed by atoms with Gasteiger partial charge in [0, 0.05) is 28.8 Å². The van der Waals surface area contributed by atoms with Crippen molar-refractivity contribution < 1.29 is 9.90 Å². The number of fused-ring (bicyclic) bond motifs is 1. The molecular formula is C26H22Cl4N4O3. The summed E-state index contributed by atoms with van der Waals surface area (Å²) in [5.41, 5.74) is 1.98. The Hall–Kier alpha value is -2.81. The summed E-state index contributed by atoms with van der Waals surface area (Å²) in [6, 6.07) is 13.0. The minimum Gasteiger partial charge on any atom is -0.395 e. The van der Waals surface area contributed by atoms with E-state index in [1.807, 2.05) is 24.8 Å². The molecule has 0 fully saturated rings. The lowest BCUT2D eigenvalue weighted by atomic mass is 10.1. The number of hydrogen-bond acceptors (Lipinski definition) is 5. The van der Waals surface area contributed by atoms with E-state index in [1.54, 1.807) is 24.3 Å². The topological polar surface area (TPSA) is 87.5 Å². The number of nitrogens with one attached hydrogen (secondary N) is 1. The molecule has 0 bridgehead atoms. The van der Waals surface area contributed by atoms with Gasteiger partial charge in [0.05, 0.1) is 39.1 Å². The van der Waals surface area contributed by atoms with Gasteiger partial charge >= 0.3 is 0 Å². The Morgan fingerprint density at radius 3 is 2.32 bits per heavy atom. The number of anilines is 2. The summed E-state index contributed by atoms with van der Waals surface area (Å²) in [7, 11) is 0. The van der Waals surface area contributed by atoms with Crippen LogP contribution in [0.1, 0.15) is 23.0 Å². The van der Waals surface area contributed by atoms with Crippen LogP contribution < -0.4 is 15.8 Å². The highest BCUT2D eigenvalue weighted by Gasteiger charge is 2.23. The molecule has 0 radical (unpaired) electrons. The summed E-state index contributed by atoms with van der Waals surface area (Å²) >= 11 is 24.8. The Balaban J connectivity index is 1.98. The van der Waals surface area contributed by atoms with Gasteiger partial charge in [-0.2, -0.15) is 0 Å². The molecule has 1 heterocycles. The summed E-state index contributed by atoms with van der Waals surface area (Å²) in [4.78, 5) is 33.5. The van der Waals surface area contributed by atoms with Crippen LogP contribution in [0.25, 0.3) is 16.7 Å². The van der Waals surface area contributed by atoms with Crippen molar-refractivity contribution in [1.29, 1.82) is 0 Å². The Kier molecular flexibility index (Phi) is 8.31. The summed E-state index contributed by atoms with van der Waals surface area (Å²) in [5, 5.41) is 13.4. The van der Waals surface area contributed by atoms with E-state index < -0.39 is 11.5 Å². The van der Waals surface area contributed by atoms with E-state index in [1.165, 1.54) is 22.8 Å². The van der Waals surface area contributed by atoms with Gasteiger partial charge in [0.15, 0.2) is 5.69 Å². The number of aryl methyl sites for hydroxylation is 1. The highest BCUT2D eigenvalue weighted by atomic mass is 35.5. The summed E-state index contributed by atoms with van der Waals surface area (Å²) < 4.78 is 1.35. The third kappa shape index (κ3) is 5.56. The highest BCUT2D eigenvalue weighted by molar-refractivity contribution is 6.37. The molecule has 0 aliphatic rings. The van der Waals surface area contributed by atoms with Gasteiger partial charge in [-0.1, -0.05) is 46.4 Å². The lowest BCUT2D eigenvalue weighted by molar-refractivity contribution is 0.102. The van der Waals surface area contributed by atoms with Crippen LogP contribution in [0.2, 0.25) is 20.1 Å². The van der Waals surface area contributed by atoms with Gasteiger partial charge < -0.3 is 15.3 Å². The van der Waals surface area contributed by atoms with Crippen LogP contribution in [0.15, 0.2) is 53.3 Å². The van der Waals surface area contributed by atoms with Crippen LogP contribution in [-0.4, -0.2) is 40.3 Å². The molecule has 0 unspecified atom stereocenters. The van der Waals surface area contributed by atoms with E-state index in [0.717, 1.165) is 11.3 Å². The molecule has 4 aromatic rings. The first-order chi connectivity index (χ1) is 17.6. The first-order valence-electron chi connectivity index (χ1n) is 11.3. The predicted octanol–water partition coefficient (Wildman–Crippen LogP) is 6.38. The molecule has 11 heteroatoms. The number of carbonyl (C=O) groups is 1. The molecule has 0 aliphatic heterocycles. The maximum absolute atomic E-state index is 13.8. The number of hydrogen-bond donors (Lipinski definition) is 2. The molecule has 0 spiro atoms. The van der Waals surface area contributed by atoms with E-state index in [4.69, 9.17) is 46.4 Å². The van der Waals surface area contributed by atoms with E-state index in [9.17, 15) is 14.7 Å². The molecule has 4 rings (SSSR count). The standard InChI is InChI=1S/C26H22Cl4N4O3/c1-3-33(8-9-35)17-10-14(2)23-22(13-17)34(21-7-5-16(28)12-19(21)30)26(37)24(32-23)25(36)31-20-6-4-15(27)11-18(20)29/h4-7,10-13,35H,3,8-9H2,1-2H3,(H,31,36). The Morgan fingerprint density at radius 2 is 1.70 bits per heavy atom. The second-order valence-corrected chi connectivity index (χ2v) is 9.90. The van der Waals surface area contributed by atoms with Crippen molar-refractivity contribution in [3.63, 3.8) is 0 Å². The minimum atomic E-state index is -0.742.